The number of benzene rings is 2. The first-order chi connectivity index (χ1) is 19.2. The van der Waals surface area contributed by atoms with E-state index in [-0.39, 0.29) is 42.1 Å². The van der Waals surface area contributed by atoms with Gasteiger partial charge in [0.2, 0.25) is 5.75 Å². The molecule has 0 unspecified atom stereocenters. The molecular formula is C29H29NO10. The lowest BCUT2D eigenvalue weighted by Crippen LogP contribution is -2.18. The van der Waals surface area contributed by atoms with Gasteiger partial charge in [0.15, 0.2) is 17.3 Å². The van der Waals surface area contributed by atoms with Gasteiger partial charge in [-0.2, -0.15) is 0 Å². The van der Waals surface area contributed by atoms with Crippen LogP contribution in [0.3, 0.4) is 0 Å². The molecule has 3 N–H and O–H groups in total. The van der Waals surface area contributed by atoms with Crippen molar-refractivity contribution in [1.82, 2.24) is 4.98 Å². The number of hydrogen-bond acceptors (Lipinski definition) is 11. The molecule has 0 radical (unpaired) electrons. The smallest absolute Gasteiger partial charge is 0.306 e. The number of nitrogens with zero attached hydrogens (tertiary/aromatic N) is 1. The van der Waals surface area contributed by atoms with E-state index in [1.165, 1.54) is 27.2 Å². The summed E-state index contributed by atoms with van der Waals surface area (Å²) in [6.45, 7) is 3.63. The van der Waals surface area contributed by atoms with Gasteiger partial charge in [-0.15, -0.1) is 0 Å². The zero-order chi connectivity index (χ0) is 28.7. The number of carbonyl (C=O) groups is 2. The van der Waals surface area contributed by atoms with Crippen LogP contribution in [0.15, 0.2) is 24.4 Å². The number of aromatic nitrogens is 1. The summed E-state index contributed by atoms with van der Waals surface area (Å²) in [5.74, 6) is -2.05. The van der Waals surface area contributed by atoms with Crippen molar-refractivity contribution in [3.63, 3.8) is 0 Å². The van der Waals surface area contributed by atoms with Crippen LogP contribution >= 0.6 is 0 Å². The molecule has 0 bridgehead atoms. The van der Waals surface area contributed by atoms with Crippen molar-refractivity contribution in [1.29, 1.82) is 0 Å². The summed E-state index contributed by atoms with van der Waals surface area (Å²) < 4.78 is 27.9. The highest BCUT2D eigenvalue weighted by atomic mass is 16.6. The normalized spacial score (nSPS) is 16.2. The maximum Gasteiger partial charge on any atom is 0.306 e. The largest absolute Gasteiger partial charge is 0.507 e. The Morgan fingerprint density at radius 3 is 2.52 bits per heavy atom. The third-order valence-electron chi connectivity index (χ3n) is 7.23. The van der Waals surface area contributed by atoms with Crippen molar-refractivity contribution < 1.29 is 48.6 Å². The van der Waals surface area contributed by atoms with Gasteiger partial charge in [0, 0.05) is 34.4 Å². The number of esters is 1. The predicted molar refractivity (Wildman–Crippen MR) is 140 cm³/mol. The Kier molecular flexibility index (Phi) is 7.16. The molecule has 210 valence electrons. The van der Waals surface area contributed by atoms with Gasteiger partial charge in [-0.1, -0.05) is 0 Å². The molecule has 2 aromatic carbocycles. The Morgan fingerprint density at radius 1 is 1.07 bits per heavy atom. The molecule has 11 nitrogen and oxygen atoms in total. The number of aromatic hydroxyl groups is 3. The SMILES string of the molecule is COC(=O)C[C@@H](c1cc(OC)c2c(c1)OCCO2)c1c(O)c(C(C)=O)cc([C@H]2OCc3cnc(C)c(O)c32)c1O. The maximum absolute atomic E-state index is 12.7. The Balaban J connectivity index is 1.76. The van der Waals surface area contributed by atoms with Crippen molar-refractivity contribution in [3.8, 4) is 34.5 Å². The number of methoxy groups -OCH3 is 2. The van der Waals surface area contributed by atoms with Crippen molar-refractivity contribution >= 4 is 11.8 Å². The van der Waals surface area contributed by atoms with Gasteiger partial charge in [-0.05, 0) is 37.6 Å². The average molecular weight is 552 g/mol. The number of fused-ring (bicyclic) bond motifs is 2. The molecule has 0 fully saturated rings. The van der Waals surface area contributed by atoms with Gasteiger partial charge in [0.1, 0.15) is 36.6 Å². The number of carbonyl (C=O) groups excluding carboxylic acids is 2. The van der Waals surface area contributed by atoms with E-state index in [1.54, 1.807) is 25.3 Å². The van der Waals surface area contributed by atoms with Crippen LogP contribution in [0.25, 0.3) is 0 Å². The van der Waals surface area contributed by atoms with Crippen molar-refractivity contribution in [2.24, 2.45) is 0 Å². The second-order valence-electron chi connectivity index (χ2n) is 9.58. The lowest BCUT2D eigenvalue weighted by molar-refractivity contribution is -0.140. The minimum atomic E-state index is -1.01. The standard InChI is InChI=1S/C29H29NO10/c1-13-25(33)23-16(11-30-13)12-40-28(23)19-9-17(14(2)31)26(34)24(27(19)35)18(10-22(32)37-4)15-7-20(36-3)29-21(8-15)38-5-6-39-29/h7-9,11,18,28,33-35H,5-6,10,12H2,1-4H3/t18-,28+/m0/s1. The van der Waals surface area contributed by atoms with E-state index in [4.69, 9.17) is 23.7 Å². The molecule has 0 aliphatic carbocycles. The molecule has 2 aliphatic rings. The van der Waals surface area contributed by atoms with E-state index in [0.717, 1.165) is 0 Å². The van der Waals surface area contributed by atoms with Crippen LogP contribution in [0.2, 0.25) is 0 Å². The molecule has 40 heavy (non-hydrogen) atoms. The molecule has 2 atom stereocenters. The van der Waals surface area contributed by atoms with Gasteiger partial charge in [-0.3, -0.25) is 14.6 Å². The summed E-state index contributed by atoms with van der Waals surface area (Å²) in [6, 6.07) is 4.58. The lowest BCUT2D eigenvalue weighted by atomic mass is 9.82. The Hall–Kier alpha value is -4.51. The topological polar surface area (TPSA) is 154 Å². The fourth-order valence-electron chi connectivity index (χ4n) is 5.20. The van der Waals surface area contributed by atoms with E-state index in [0.29, 0.717) is 46.2 Å². The molecule has 3 heterocycles. The third kappa shape index (κ3) is 4.51. The van der Waals surface area contributed by atoms with Crippen molar-refractivity contribution in [3.05, 3.63) is 63.5 Å². The first-order valence-electron chi connectivity index (χ1n) is 12.6. The minimum absolute atomic E-state index is 0.0888. The number of ketones is 1. The lowest BCUT2D eigenvalue weighted by Gasteiger charge is -2.26. The Morgan fingerprint density at radius 2 is 1.82 bits per heavy atom. The van der Waals surface area contributed by atoms with E-state index >= 15 is 0 Å². The summed E-state index contributed by atoms with van der Waals surface area (Å²) in [4.78, 5) is 29.5. The molecule has 0 saturated heterocycles. The summed E-state index contributed by atoms with van der Waals surface area (Å²) in [5, 5.41) is 33.9. The van der Waals surface area contributed by atoms with Crippen LogP contribution in [0.1, 0.15) is 69.2 Å². The van der Waals surface area contributed by atoms with E-state index in [1.807, 2.05) is 0 Å². The number of phenols is 2. The van der Waals surface area contributed by atoms with Crippen LogP contribution in [0.5, 0.6) is 34.5 Å². The van der Waals surface area contributed by atoms with Crippen LogP contribution in [-0.4, -0.2) is 59.5 Å². The number of ether oxygens (including phenoxy) is 5. The summed E-state index contributed by atoms with van der Waals surface area (Å²) >= 11 is 0. The number of phenolic OH excluding ortho intramolecular Hbond substituents is 2. The quantitative estimate of drug-likeness (QED) is 0.290. The highest BCUT2D eigenvalue weighted by Crippen LogP contribution is 2.52. The fourth-order valence-corrected chi connectivity index (χ4v) is 5.20. The highest BCUT2D eigenvalue weighted by Gasteiger charge is 2.37. The zero-order valence-electron chi connectivity index (χ0n) is 22.4. The van der Waals surface area contributed by atoms with Crippen LogP contribution in [0, 0.1) is 6.92 Å². The van der Waals surface area contributed by atoms with Crippen LogP contribution in [-0.2, 0) is 20.9 Å². The van der Waals surface area contributed by atoms with Crippen molar-refractivity contribution in [2.75, 3.05) is 27.4 Å². The molecule has 5 rings (SSSR count). The number of aryl methyl sites for hydroxylation is 1. The van der Waals surface area contributed by atoms with Gasteiger partial charge >= 0.3 is 5.97 Å². The molecule has 1 aromatic heterocycles. The fraction of sp³-hybridized carbons (Fsp3) is 0.345. The van der Waals surface area contributed by atoms with Gasteiger partial charge in [0.25, 0.3) is 0 Å². The third-order valence-corrected chi connectivity index (χ3v) is 7.23. The van der Waals surface area contributed by atoms with E-state index < -0.39 is 35.3 Å². The minimum Gasteiger partial charge on any atom is -0.507 e. The first kappa shape index (κ1) is 27.1. The first-order valence-corrected chi connectivity index (χ1v) is 12.6. The predicted octanol–water partition coefficient (Wildman–Crippen LogP) is 3.80. The van der Waals surface area contributed by atoms with Crippen LogP contribution in [0.4, 0.5) is 0 Å². The maximum atomic E-state index is 12.7. The van der Waals surface area contributed by atoms with Gasteiger partial charge < -0.3 is 39.0 Å². The molecular weight excluding hydrogens is 522 g/mol. The molecule has 11 heteroatoms. The molecule has 0 spiro atoms. The number of pyridine rings is 1. The average Bonchev–Trinajstić information content (AvgIpc) is 3.38. The highest BCUT2D eigenvalue weighted by molar-refractivity contribution is 5.98. The van der Waals surface area contributed by atoms with Gasteiger partial charge in [-0.25, -0.2) is 0 Å². The molecule has 0 saturated carbocycles. The Bertz CT molecular complexity index is 1500. The zero-order valence-corrected chi connectivity index (χ0v) is 22.4. The number of Topliss-reactive ketones (excluding diaryl/α,β-unsaturated/α-hetero) is 1. The van der Waals surface area contributed by atoms with Crippen LogP contribution < -0.4 is 14.2 Å². The monoisotopic (exact) mass is 551 g/mol. The van der Waals surface area contributed by atoms with Crippen molar-refractivity contribution in [2.45, 2.75) is 38.9 Å². The second kappa shape index (κ2) is 10.6. The summed E-state index contributed by atoms with van der Waals surface area (Å²) in [7, 11) is 2.68. The van der Waals surface area contributed by atoms with Gasteiger partial charge in [0.05, 0.1) is 38.5 Å². The Labute approximate surface area is 229 Å². The molecule has 2 aliphatic heterocycles. The number of rotatable bonds is 7. The molecule has 3 aromatic rings. The van der Waals surface area contributed by atoms with E-state index in [9.17, 15) is 24.9 Å². The summed E-state index contributed by atoms with van der Waals surface area (Å²) in [6.07, 6.45) is 0.302. The summed E-state index contributed by atoms with van der Waals surface area (Å²) in [5.41, 5.74) is 1.77. The molecule has 0 amide bonds. The van der Waals surface area contributed by atoms with E-state index in [2.05, 4.69) is 4.98 Å². The number of hydrogen-bond donors (Lipinski definition) is 3. The second-order valence-corrected chi connectivity index (χ2v) is 9.58.